The second-order valence-corrected chi connectivity index (χ2v) is 4.15. The minimum atomic E-state index is -0.709. The molecule has 1 heterocycles. The molecule has 1 aromatic rings. The van der Waals surface area contributed by atoms with Crippen LogP contribution in [0.15, 0.2) is 18.2 Å². The van der Waals surface area contributed by atoms with Crippen LogP contribution in [-0.4, -0.2) is 29.1 Å². The third-order valence-corrected chi connectivity index (χ3v) is 2.81. The monoisotopic (exact) mass is 238 g/mol. The fourth-order valence-electron chi connectivity index (χ4n) is 1.90. The largest absolute Gasteiger partial charge is 0.508 e. The Morgan fingerprint density at radius 1 is 1.29 bits per heavy atom. The first-order valence-corrected chi connectivity index (χ1v) is 5.71. The Balaban J connectivity index is 2.03. The van der Waals surface area contributed by atoms with E-state index in [0.29, 0.717) is 0 Å². The van der Waals surface area contributed by atoms with E-state index >= 15 is 0 Å². The number of phenolic OH excluding ortho intramolecular Hbond substituents is 1. The first kappa shape index (κ1) is 11.9. The number of carbonyl (C=O) groups excluding carboxylic acids is 1. The van der Waals surface area contributed by atoms with E-state index in [0.717, 1.165) is 32.0 Å². The molecule has 5 heteroatoms. The van der Waals surface area contributed by atoms with Crippen molar-refractivity contribution in [1.82, 2.24) is 10.4 Å². The maximum atomic E-state index is 13.4. The van der Waals surface area contributed by atoms with Crippen LogP contribution >= 0.6 is 0 Å². The van der Waals surface area contributed by atoms with Crippen LogP contribution < -0.4 is 5.43 Å². The number of hydrogen-bond acceptors (Lipinski definition) is 3. The quantitative estimate of drug-likeness (QED) is 0.824. The highest BCUT2D eigenvalue weighted by Crippen LogP contribution is 2.15. The minimum Gasteiger partial charge on any atom is -0.508 e. The van der Waals surface area contributed by atoms with Crippen LogP contribution in [0.5, 0.6) is 5.75 Å². The maximum absolute atomic E-state index is 13.4. The summed E-state index contributed by atoms with van der Waals surface area (Å²) in [5.74, 6) is -1.36. The third-order valence-electron chi connectivity index (χ3n) is 2.81. The van der Waals surface area contributed by atoms with Crippen molar-refractivity contribution < 1.29 is 14.3 Å². The van der Waals surface area contributed by atoms with E-state index in [4.69, 9.17) is 5.11 Å². The number of piperidine rings is 1. The topological polar surface area (TPSA) is 52.6 Å². The van der Waals surface area contributed by atoms with Gasteiger partial charge in [-0.2, -0.15) is 0 Å². The predicted octanol–water partition coefficient (Wildman–Crippen LogP) is 1.66. The fourth-order valence-corrected chi connectivity index (χ4v) is 1.90. The number of phenols is 1. The highest BCUT2D eigenvalue weighted by molar-refractivity contribution is 5.94. The molecule has 1 fully saturated rings. The van der Waals surface area contributed by atoms with Gasteiger partial charge in [0.2, 0.25) is 0 Å². The first-order valence-electron chi connectivity index (χ1n) is 5.71. The average Bonchev–Trinajstić information content (AvgIpc) is 2.30. The Morgan fingerprint density at radius 2 is 2.00 bits per heavy atom. The van der Waals surface area contributed by atoms with Gasteiger partial charge in [0.25, 0.3) is 5.91 Å². The number of hydrogen-bond donors (Lipinski definition) is 2. The van der Waals surface area contributed by atoms with Gasteiger partial charge in [0.15, 0.2) is 0 Å². The molecule has 0 spiro atoms. The van der Waals surface area contributed by atoms with Gasteiger partial charge < -0.3 is 5.11 Å². The van der Waals surface area contributed by atoms with Crippen molar-refractivity contribution in [2.24, 2.45) is 0 Å². The maximum Gasteiger partial charge on any atom is 0.268 e. The normalized spacial score (nSPS) is 16.8. The van der Waals surface area contributed by atoms with Crippen molar-refractivity contribution in [1.29, 1.82) is 0 Å². The zero-order valence-electron chi connectivity index (χ0n) is 9.45. The van der Waals surface area contributed by atoms with Crippen LogP contribution in [0.25, 0.3) is 0 Å². The Labute approximate surface area is 99.0 Å². The Morgan fingerprint density at radius 3 is 2.65 bits per heavy atom. The molecular formula is C12H15FN2O2. The molecule has 0 atom stereocenters. The number of amides is 1. The zero-order valence-corrected chi connectivity index (χ0v) is 9.45. The van der Waals surface area contributed by atoms with E-state index in [2.05, 4.69) is 5.43 Å². The summed E-state index contributed by atoms with van der Waals surface area (Å²) in [6.07, 6.45) is 3.25. The molecule has 1 amide bonds. The van der Waals surface area contributed by atoms with E-state index in [1.165, 1.54) is 18.6 Å². The molecule has 0 saturated carbocycles. The Kier molecular flexibility index (Phi) is 3.58. The van der Waals surface area contributed by atoms with E-state index in [1.54, 1.807) is 5.01 Å². The molecule has 2 N–H and O–H groups in total. The summed E-state index contributed by atoms with van der Waals surface area (Å²) in [6.45, 7) is 1.59. The second kappa shape index (κ2) is 5.14. The average molecular weight is 238 g/mol. The molecule has 2 rings (SSSR count). The second-order valence-electron chi connectivity index (χ2n) is 4.15. The smallest absolute Gasteiger partial charge is 0.268 e. The van der Waals surface area contributed by atoms with Gasteiger partial charge in [-0.1, -0.05) is 6.42 Å². The van der Waals surface area contributed by atoms with E-state index in [-0.39, 0.29) is 11.3 Å². The lowest BCUT2D eigenvalue weighted by Crippen LogP contribution is -2.45. The summed E-state index contributed by atoms with van der Waals surface area (Å²) in [6, 6.07) is 3.52. The van der Waals surface area contributed by atoms with Crippen LogP contribution in [0, 0.1) is 5.82 Å². The van der Waals surface area contributed by atoms with Crippen molar-refractivity contribution in [3.8, 4) is 5.75 Å². The highest BCUT2D eigenvalue weighted by atomic mass is 19.1. The van der Waals surface area contributed by atoms with Crippen molar-refractivity contribution >= 4 is 5.91 Å². The molecule has 1 saturated heterocycles. The molecule has 1 aromatic carbocycles. The molecule has 17 heavy (non-hydrogen) atoms. The van der Waals surface area contributed by atoms with Crippen molar-refractivity contribution in [2.75, 3.05) is 13.1 Å². The van der Waals surface area contributed by atoms with Crippen LogP contribution in [0.4, 0.5) is 4.39 Å². The Hall–Kier alpha value is -1.62. The molecule has 0 unspecified atom stereocenters. The number of rotatable bonds is 2. The lowest BCUT2D eigenvalue weighted by molar-refractivity contribution is 0.0746. The van der Waals surface area contributed by atoms with Crippen molar-refractivity contribution in [2.45, 2.75) is 19.3 Å². The van der Waals surface area contributed by atoms with Crippen LogP contribution in [0.1, 0.15) is 29.6 Å². The van der Waals surface area contributed by atoms with Crippen LogP contribution in [-0.2, 0) is 0 Å². The van der Waals surface area contributed by atoms with Gasteiger partial charge in [0.05, 0.1) is 5.56 Å². The number of carbonyl (C=O) groups is 1. The van der Waals surface area contributed by atoms with E-state index in [1.807, 2.05) is 0 Å². The summed E-state index contributed by atoms with van der Waals surface area (Å²) < 4.78 is 13.4. The molecule has 0 radical (unpaired) electrons. The van der Waals surface area contributed by atoms with E-state index in [9.17, 15) is 9.18 Å². The lowest BCUT2D eigenvalue weighted by atomic mass is 10.1. The summed E-state index contributed by atoms with van der Waals surface area (Å²) in [5.41, 5.74) is 2.62. The van der Waals surface area contributed by atoms with Crippen LogP contribution in [0.2, 0.25) is 0 Å². The van der Waals surface area contributed by atoms with Gasteiger partial charge in [-0.05, 0) is 25.0 Å². The molecule has 0 aliphatic carbocycles. The van der Waals surface area contributed by atoms with Gasteiger partial charge in [0.1, 0.15) is 11.6 Å². The molecular weight excluding hydrogens is 223 g/mol. The van der Waals surface area contributed by atoms with Gasteiger partial charge in [-0.3, -0.25) is 10.2 Å². The van der Waals surface area contributed by atoms with Crippen molar-refractivity contribution in [3.63, 3.8) is 0 Å². The standard InChI is InChI=1S/C12H15FN2O2/c13-11-8-9(16)4-5-10(11)12(17)14-15-6-2-1-3-7-15/h4-5,8,16H,1-3,6-7H2,(H,14,17). The number of hydrazine groups is 1. The first-order chi connectivity index (χ1) is 8.16. The zero-order chi connectivity index (χ0) is 12.3. The van der Waals surface area contributed by atoms with Gasteiger partial charge in [-0.25, -0.2) is 9.40 Å². The van der Waals surface area contributed by atoms with Gasteiger partial charge in [0, 0.05) is 19.2 Å². The predicted molar refractivity (Wildman–Crippen MR) is 61.0 cm³/mol. The molecule has 1 aliphatic rings. The number of aromatic hydroxyl groups is 1. The van der Waals surface area contributed by atoms with E-state index < -0.39 is 11.7 Å². The lowest BCUT2D eigenvalue weighted by Gasteiger charge is -2.26. The highest BCUT2D eigenvalue weighted by Gasteiger charge is 2.16. The summed E-state index contributed by atoms with van der Waals surface area (Å²) in [4.78, 5) is 11.8. The Bertz CT molecular complexity index is 417. The fraction of sp³-hybridized carbons (Fsp3) is 0.417. The summed E-state index contributed by atoms with van der Waals surface area (Å²) in [7, 11) is 0. The van der Waals surface area contributed by atoms with Crippen molar-refractivity contribution in [3.05, 3.63) is 29.6 Å². The molecule has 0 aromatic heterocycles. The van der Waals surface area contributed by atoms with Gasteiger partial charge in [-0.15, -0.1) is 0 Å². The number of benzene rings is 1. The minimum absolute atomic E-state index is 0.0478. The molecule has 4 nitrogen and oxygen atoms in total. The van der Waals surface area contributed by atoms with Crippen LogP contribution in [0.3, 0.4) is 0 Å². The SMILES string of the molecule is O=C(NN1CCCCC1)c1ccc(O)cc1F. The number of nitrogens with zero attached hydrogens (tertiary/aromatic N) is 1. The molecule has 1 aliphatic heterocycles. The van der Waals surface area contributed by atoms with Gasteiger partial charge >= 0.3 is 0 Å². The number of nitrogens with one attached hydrogen (secondary N) is 1. The summed E-state index contributed by atoms with van der Waals surface area (Å²) >= 11 is 0. The number of halogens is 1. The molecule has 0 bridgehead atoms. The molecule has 92 valence electrons. The third kappa shape index (κ3) is 2.94. The summed E-state index contributed by atoms with van der Waals surface area (Å²) in [5, 5.41) is 10.9.